The molecule has 1 aromatic carbocycles. The minimum Gasteiger partial charge on any atom is -0.494 e. The standard InChI is InChI=1S/C22H29FN4O2/c1-15-20(17-7-8-19(29-2)18(23)13-17)25-27(14-16-5-3-4-6-16)22(28)21(15)26-11-9-24-10-12-26/h7-8,13,16,24H,3-6,9-12,14H2,1-2H3. The van der Waals surface area contributed by atoms with Crippen molar-refractivity contribution in [2.45, 2.75) is 39.2 Å². The molecule has 6 nitrogen and oxygen atoms in total. The fourth-order valence-electron chi connectivity index (χ4n) is 4.55. The Balaban J connectivity index is 1.82. The second kappa shape index (κ2) is 8.53. The largest absolute Gasteiger partial charge is 0.494 e. The second-order valence-electron chi connectivity index (χ2n) is 8.05. The molecule has 1 saturated heterocycles. The van der Waals surface area contributed by atoms with Crippen molar-refractivity contribution in [2.75, 3.05) is 38.2 Å². The third-order valence-corrected chi connectivity index (χ3v) is 6.13. The molecule has 4 rings (SSSR count). The van der Waals surface area contributed by atoms with E-state index in [0.29, 0.717) is 29.4 Å². The number of aromatic nitrogens is 2. The SMILES string of the molecule is COc1ccc(-c2nn(CC3CCCC3)c(=O)c(N3CCNCC3)c2C)cc1F. The Hall–Kier alpha value is -2.41. The van der Waals surface area contributed by atoms with Gasteiger partial charge in [-0.3, -0.25) is 4.79 Å². The van der Waals surface area contributed by atoms with Crippen LogP contribution in [0.2, 0.25) is 0 Å². The fourth-order valence-corrected chi connectivity index (χ4v) is 4.55. The molecule has 1 N–H and O–H groups in total. The molecule has 7 heteroatoms. The highest BCUT2D eigenvalue weighted by molar-refractivity contribution is 5.70. The molecular formula is C22H29FN4O2. The number of benzene rings is 1. The van der Waals surface area contributed by atoms with Gasteiger partial charge in [0.05, 0.1) is 12.8 Å². The Morgan fingerprint density at radius 3 is 2.62 bits per heavy atom. The first-order chi connectivity index (χ1) is 14.1. The van der Waals surface area contributed by atoms with Gasteiger partial charge in [0.25, 0.3) is 5.56 Å². The topological polar surface area (TPSA) is 59.4 Å². The van der Waals surface area contributed by atoms with Gasteiger partial charge in [-0.1, -0.05) is 12.8 Å². The summed E-state index contributed by atoms with van der Waals surface area (Å²) in [5, 5.41) is 8.05. The summed E-state index contributed by atoms with van der Waals surface area (Å²) in [6.45, 7) is 5.79. The average molecular weight is 400 g/mol. The van der Waals surface area contributed by atoms with E-state index in [1.54, 1.807) is 10.7 Å². The van der Waals surface area contributed by atoms with Gasteiger partial charge < -0.3 is 15.0 Å². The number of methoxy groups -OCH3 is 1. The third kappa shape index (κ3) is 4.01. The number of piperazine rings is 1. The molecule has 0 unspecified atom stereocenters. The highest BCUT2D eigenvalue weighted by atomic mass is 19.1. The molecule has 1 aliphatic carbocycles. The van der Waals surface area contributed by atoms with Crippen LogP contribution in [0.4, 0.5) is 10.1 Å². The van der Waals surface area contributed by atoms with Crippen LogP contribution >= 0.6 is 0 Å². The van der Waals surface area contributed by atoms with Gasteiger partial charge in [-0.05, 0) is 43.9 Å². The predicted molar refractivity (Wildman–Crippen MR) is 112 cm³/mol. The lowest BCUT2D eigenvalue weighted by Crippen LogP contribution is -2.47. The zero-order valence-corrected chi connectivity index (χ0v) is 17.2. The highest BCUT2D eigenvalue weighted by Gasteiger charge is 2.24. The molecule has 2 aliphatic rings. The minimum atomic E-state index is -0.427. The van der Waals surface area contributed by atoms with Gasteiger partial charge in [-0.15, -0.1) is 0 Å². The summed E-state index contributed by atoms with van der Waals surface area (Å²) in [6.07, 6.45) is 4.70. The molecule has 1 aromatic heterocycles. The number of nitrogens with zero attached hydrogens (tertiary/aromatic N) is 3. The van der Waals surface area contributed by atoms with Crippen LogP contribution in [-0.4, -0.2) is 43.1 Å². The van der Waals surface area contributed by atoms with Crippen LogP contribution in [0.25, 0.3) is 11.3 Å². The zero-order chi connectivity index (χ0) is 20.4. The zero-order valence-electron chi connectivity index (χ0n) is 17.2. The van der Waals surface area contributed by atoms with E-state index in [2.05, 4.69) is 10.2 Å². The molecule has 0 radical (unpaired) electrons. The molecule has 1 saturated carbocycles. The molecule has 2 fully saturated rings. The quantitative estimate of drug-likeness (QED) is 0.836. The number of nitrogens with one attached hydrogen (secondary N) is 1. The molecule has 2 aromatic rings. The maximum absolute atomic E-state index is 14.4. The van der Waals surface area contributed by atoms with E-state index in [4.69, 9.17) is 9.84 Å². The van der Waals surface area contributed by atoms with Gasteiger partial charge in [0.1, 0.15) is 5.69 Å². The first-order valence-electron chi connectivity index (χ1n) is 10.5. The number of halogens is 1. The number of rotatable bonds is 5. The summed E-state index contributed by atoms with van der Waals surface area (Å²) in [6, 6.07) is 4.87. The van der Waals surface area contributed by atoms with Crippen LogP contribution in [0, 0.1) is 18.7 Å². The number of hydrogen-bond acceptors (Lipinski definition) is 5. The van der Waals surface area contributed by atoms with Crippen molar-refractivity contribution < 1.29 is 9.13 Å². The third-order valence-electron chi connectivity index (χ3n) is 6.13. The van der Waals surface area contributed by atoms with E-state index in [0.717, 1.165) is 44.6 Å². The molecule has 2 heterocycles. The molecule has 0 amide bonds. The average Bonchev–Trinajstić information content (AvgIpc) is 3.24. The molecule has 156 valence electrons. The predicted octanol–water partition coefficient (Wildman–Crippen LogP) is 2.97. The van der Waals surface area contributed by atoms with E-state index in [1.165, 1.54) is 26.0 Å². The van der Waals surface area contributed by atoms with Crippen molar-refractivity contribution in [3.8, 4) is 17.0 Å². The minimum absolute atomic E-state index is 0.0333. The molecule has 0 spiro atoms. The van der Waals surface area contributed by atoms with E-state index in [1.807, 2.05) is 13.0 Å². The van der Waals surface area contributed by atoms with Crippen LogP contribution in [0.15, 0.2) is 23.0 Å². The Bertz CT molecular complexity index is 931. The first kappa shape index (κ1) is 19.9. The molecule has 29 heavy (non-hydrogen) atoms. The molecule has 1 aliphatic heterocycles. The van der Waals surface area contributed by atoms with E-state index < -0.39 is 5.82 Å². The normalized spacial score (nSPS) is 17.7. The first-order valence-corrected chi connectivity index (χ1v) is 10.5. The van der Waals surface area contributed by atoms with E-state index in [-0.39, 0.29) is 11.3 Å². The van der Waals surface area contributed by atoms with Crippen LogP contribution < -0.4 is 20.5 Å². The van der Waals surface area contributed by atoms with Crippen molar-refractivity contribution >= 4 is 5.69 Å². The van der Waals surface area contributed by atoms with Gasteiger partial charge in [0.15, 0.2) is 11.6 Å². The van der Waals surface area contributed by atoms with Gasteiger partial charge in [0.2, 0.25) is 0 Å². The Kier molecular flexibility index (Phi) is 5.85. The fraction of sp³-hybridized carbons (Fsp3) is 0.545. The van der Waals surface area contributed by atoms with Gasteiger partial charge in [-0.25, -0.2) is 9.07 Å². The van der Waals surface area contributed by atoms with Crippen molar-refractivity contribution in [2.24, 2.45) is 5.92 Å². The highest BCUT2D eigenvalue weighted by Crippen LogP contribution is 2.31. The van der Waals surface area contributed by atoms with Crippen LogP contribution in [0.3, 0.4) is 0 Å². The Morgan fingerprint density at radius 1 is 1.24 bits per heavy atom. The van der Waals surface area contributed by atoms with Crippen molar-refractivity contribution in [3.05, 3.63) is 39.9 Å². The van der Waals surface area contributed by atoms with Gasteiger partial charge in [0, 0.05) is 43.9 Å². The Morgan fingerprint density at radius 2 is 1.97 bits per heavy atom. The van der Waals surface area contributed by atoms with Crippen LogP contribution in [0.1, 0.15) is 31.2 Å². The molecule has 0 atom stereocenters. The summed E-state index contributed by atoms with van der Waals surface area (Å²) in [5.41, 5.74) is 2.80. The second-order valence-corrected chi connectivity index (χ2v) is 8.05. The summed E-state index contributed by atoms with van der Waals surface area (Å²) in [4.78, 5) is 15.5. The van der Waals surface area contributed by atoms with Gasteiger partial charge >= 0.3 is 0 Å². The van der Waals surface area contributed by atoms with Crippen molar-refractivity contribution in [1.29, 1.82) is 0 Å². The molecular weight excluding hydrogens is 371 g/mol. The van der Waals surface area contributed by atoms with Crippen molar-refractivity contribution in [3.63, 3.8) is 0 Å². The lowest BCUT2D eigenvalue weighted by molar-refractivity contribution is 0.386. The maximum atomic E-state index is 14.4. The van der Waals surface area contributed by atoms with Crippen LogP contribution in [-0.2, 0) is 6.54 Å². The number of hydrogen-bond donors (Lipinski definition) is 1. The van der Waals surface area contributed by atoms with Gasteiger partial charge in [-0.2, -0.15) is 5.10 Å². The summed E-state index contributed by atoms with van der Waals surface area (Å²) in [5.74, 6) is 0.260. The monoisotopic (exact) mass is 400 g/mol. The van der Waals surface area contributed by atoms with Crippen LogP contribution in [0.5, 0.6) is 5.75 Å². The summed E-state index contributed by atoms with van der Waals surface area (Å²) < 4.78 is 21.1. The smallest absolute Gasteiger partial charge is 0.290 e. The number of anilines is 1. The van der Waals surface area contributed by atoms with E-state index in [9.17, 15) is 9.18 Å². The summed E-state index contributed by atoms with van der Waals surface area (Å²) >= 11 is 0. The maximum Gasteiger partial charge on any atom is 0.290 e. The van der Waals surface area contributed by atoms with E-state index >= 15 is 0 Å². The lowest BCUT2D eigenvalue weighted by Gasteiger charge is -2.31. The number of ether oxygens (including phenoxy) is 1. The van der Waals surface area contributed by atoms with Crippen molar-refractivity contribution in [1.82, 2.24) is 15.1 Å². The summed E-state index contributed by atoms with van der Waals surface area (Å²) in [7, 11) is 1.45. The lowest BCUT2D eigenvalue weighted by atomic mass is 10.0. The Labute approximate surface area is 170 Å². The molecule has 0 bridgehead atoms.